The average molecular weight is 344 g/mol. The highest BCUT2D eigenvalue weighted by Crippen LogP contribution is 2.37. The summed E-state index contributed by atoms with van der Waals surface area (Å²) in [6.07, 6.45) is 8.08. The van der Waals surface area contributed by atoms with Crippen LogP contribution in [-0.4, -0.2) is 24.2 Å². The number of nitrogens with one attached hydrogen (secondary N) is 1. The number of benzene rings is 1. The fraction of sp³-hybridized carbons (Fsp3) is 0.667. The van der Waals surface area contributed by atoms with Gasteiger partial charge >= 0.3 is 5.97 Å². The van der Waals surface area contributed by atoms with Crippen LogP contribution in [0.5, 0.6) is 0 Å². The predicted molar refractivity (Wildman–Crippen MR) is 101 cm³/mol. The summed E-state index contributed by atoms with van der Waals surface area (Å²) >= 11 is 0. The topological polar surface area (TPSA) is 75.3 Å². The number of carboxylic acid groups (broad SMARTS) is 1. The van der Waals surface area contributed by atoms with Crippen LogP contribution in [0, 0.1) is 11.8 Å². The lowest BCUT2D eigenvalue weighted by Gasteiger charge is -2.32. The van der Waals surface area contributed by atoms with Crippen molar-refractivity contribution in [3.63, 3.8) is 0 Å². The molecular formula is C21H32N2O2. The van der Waals surface area contributed by atoms with E-state index in [2.05, 4.69) is 29.6 Å². The third-order valence-electron chi connectivity index (χ3n) is 6.30. The van der Waals surface area contributed by atoms with Crippen LogP contribution in [0.3, 0.4) is 0 Å². The Bertz CT molecular complexity index is 544. The first-order valence-corrected chi connectivity index (χ1v) is 9.91. The SMILES string of the molecule is NC(c1ccc(C2CCNCC2)cc1)C1CCC(CCC(=O)O)CC1. The molecule has 1 aromatic rings. The van der Waals surface area contributed by atoms with E-state index in [9.17, 15) is 4.79 Å². The number of aliphatic carboxylic acids is 1. The quantitative estimate of drug-likeness (QED) is 0.733. The normalized spacial score (nSPS) is 26.3. The van der Waals surface area contributed by atoms with Gasteiger partial charge in [0.1, 0.15) is 0 Å². The Morgan fingerprint density at radius 2 is 1.72 bits per heavy atom. The van der Waals surface area contributed by atoms with Crippen molar-refractivity contribution in [1.29, 1.82) is 0 Å². The van der Waals surface area contributed by atoms with Crippen LogP contribution in [0.4, 0.5) is 0 Å². The molecule has 2 aliphatic rings. The molecule has 3 rings (SSSR count). The van der Waals surface area contributed by atoms with Crippen molar-refractivity contribution in [2.75, 3.05) is 13.1 Å². The highest BCUT2D eigenvalue weighted by Gasteiger charge is 2.27. The van der Waals surface area contributed by atoms with E-state index in [0.29, 0.717) is 24.2 Å². The molecular weight excluding hydrogens is 312 g/mol. The van der Waals surface area contributed by atoms with Crippen molar-refractivity contribution < 1.29 is 9.90 Å². The van der Waals surface area contributed by atoms with Crippen LogP contribution in [0.15, 0.2) is 24.3 Å². The fourth-order valence-corrected chi connectivity index (χ4v) is 4.58. The smallest absolute Gasteiger partial charge is 0.303 e. The summed E-state index contributed by atoms with van der Waals surface area (Å²) in [7, 11) is 0. The van der Waals surface area contributed by atoms with Gasteiger partial charge in [-0.05, 0) is 74.1 Å². The van der Waals surface area contributed by atoms with Crippen LogP contribution in [0.1, 0.15) is 74.5 Å². The van der Waals surface area contributed by atoms with Crippen molar-refractivity contribution in [3.05, 3.63) is 35.4 Å². The Hall–Kier alpha value is -1.39. The summed E-state index contributed by atoms with van der Waals surface area (Å²) in [6.45, 7) is 2.24. The van der Waals surface area contributed by atoms with Crippen LogP contribution in [0.25, 0.3) is 0 Å². The van der Waals surface area contributed by atoms with E-state index in [1.54, 1.807) is 0 Å². The highest BCUT2D eigenvalue weighted by molar-refractivity contribution is 5.66. The molecule has 1 saturated heterocycles. The van der Waals surface area contributed by atoms with Gasteiger partial charge in [-0.15, -0.1) is 0 Å². The molecule has 0 radical (unpaired) electrons. The summed E-state index contributed by atoms with van der Waals surface area (Å²) in [5, 5.41) is 12.2. The summed E-state index contributed by atoms with van der Waals surface area (Å²) in [5.41, 5.74) is 9.27. The third-order valence-corrected chi connectivity index (χ3v) is 6.30. The largest absolute Gasteiger partial charge is 0.481 e. The van der Waals surface area contributed by atoms with Gasteiger partial charge in [0.2, 0.25) is 0 Å². The molecule has 1 aromatic carbocycles. The second-order valence-electron chi connectivity index (χ2n) is 7.93. The van der Waals surface area contributed by atoms with Crippen molar-refractivity contribution in [3.8, 4) is 0 Å². The Balaban J connectivity index is 1.51. The predicted octanol–water partition coefficient (Wildman–Crippen LogP) is 3.82. The molecule has 0 amide bonds. The number of nitrogens with two attached hydrogens (primary N) is 1. The van der Waals surface area contributed by atoms with Gasteiger partial charge in [-0.2, -0.15) is 0 Å². The zero-order valence-electron chi connectivity index (χ0n) is 15.1. The maximum Gasteiger partial charge on any atom is 0.303 e. The van der Waals surface area contributed by atoms with E-state index in [1.165, 1.54) is 24.0 Å². The van der Waals surface area contributed by atoms with Crippen LogP contribution in [-0.2, 0) is 4.79 Å². The zero-order chi connectivity index (χ0) is 17.6. The van der Waals surface area contributed by atoms with E-state index in [4.69, 9.17) is 10.8 Å². The number of carbonyl (C=O) groups is 1. The number of rotatable bonds is 6. The lowest BCUT2D eigenvalue weighted by atomic mass is 9.75. The Morgan fingerprint density at radius 1 is 1.08 bits per heavy atom. The summed E-state index contributed by atoms with van der Waals surface area (Å²) in [6, 6.07) is 9.15. The fourth-order valence-electron chi connectivity index (χ4n) is 4.58. The molecule has 1 aliphatic carbocycles. The molecule has 0 aromatic heterocycles. The van der Waals surface area contributed by atoms with E-state index in [1.807, 2.05) is 0 Å². The molecule has 1 saturated carbocycles. The first-order chi connectivity index (χ1) is 12.1. The van der Waals surface area contributed by atoms with Gasteiger partial charge in [0.25, 0.3) is 0 Å². The van der Waals surface area contributed by atoms with Gasteiger partial charge < -0.3 is 16.2 Å². The van der Waals surface area contributed by atoms with Crippen LogP contribution >= 0.6 is 0 Å². The first-order valence-electron chi connectivity index (χ1n) is 9.91. The Labute approximate surface area is 151 Å². The minimum absolute atomic E-state index is 0.113. The van der Waals surface area contributed by atoms with E-state index in [-0.39, 0.29) is 6.04 Å². The molecule has 1 aliphatic heterocycles. The van der Waals surface area contributed by atoms with Crippen molar-refractivity contribution >= 4 is 5.97 Å². The maximum absolute atomic E-state index is 10.7. The van der Waals surface area contributed by atoms with Gasteiger partial charge in [0.15, 0.2) is 0 Å². The average Bonchev–Trinajstić information content (AvgIpc) is 2.67. The van der Waals surface area contributed by atoms with Gasteiger partial charge in [-0.3, -0.25) is 4.79 Å². The molecule has 1 heterocycles. The van der Waals surface area contributed by atoms with E-state index >= 15 is 0 Å². The molecule has 0 bridgehead atoms. The number of hydrogen-bond acceptors (Lipinski definition) is 3. The van der Waals surface area contributed by atoms with Gasteiger partial charge in [-0.1, -0.05) is 37.1 Å². The minimum atomic E-state index is -0.673. The molecule has 0 spiro atoms. The van der Waals surface area contributed by atoms with Crippen molar-refractivity contribution in [1.82, 2.24) is 5.32 Å². The Kier molecular flexibility index (Phi) is 6.49. The van der Waals surface area contributed by atoms with Gasteiger partial charge in [0, 0.05) is 12.5 Å². The lowest BCUT2D eigenvalue weighted by Crippen LogP contribution is -2.27. The van der Waals surface area contributed by atoms with Crippen molar-refractivity contribution in [2.24, 2.45) is 17.6 Å². The van der Waals surface area contributed by atoms with Crippen LogP contribution < -0.4 is 11.1 Å². The molecule has 4 heteroatoms. The van der Waals surface area contributed by atoms with E-state index in [0.717, 1.165) is 45.2 Å². The maximum atomic E-state index is 10.7. The molecule has 1 atom stereocenters. The number of carboxylic acids is 1. The third kappa shape index (κ3) is 5.05. The monoisotopic (exact) mass is 344 g/mol. The molecule has 25 heavy (non-hydrogen) atoms. The van der Waals surface area contributed by atoms with Gasteiger partial charge in [-0.25, -0.2) is 0 Å². The summed E-state index contributed by atoms with van der Waals surface area (Å²) in [4.78, 5) is 10.7. The molecule has 1 unspecified atom stereocenters. The minimum Gasteiger partial charge on any atom is -0.481 e. The molecule has 2 fully saturated rings. The summed E-state index contributed by atoms with van der Waals surface area (Å²) < 4.78 is 0. The zero-order valence-corrected chi connectivity index (χ0v) is 15.1. The summed E-state index contributed by atoms with van der Waals surface area (Å²) in [5.74, 6) is 1.12. The standard InChI is InChI=1S/C21H32N2O2/c22-21(18-4-1-15(2-5-18)3-10-20(24)25)19-8-6-16(7-9-19)17-11-13-23-14-12-17/h6-9,15,17-18,21,23H,1-5,10-14,22H2,(H,24,25). The second-order valence-corrected chi connectivity index (χ2v) is 7.93. The van der Waals surface area contributed by atoms with E-state index < -0.39 is 5.97 Å². The lowest BCUT2D eigenvalue weighted by molar-refractivity contribution is -0.137. The molecule has 138 valence electrons. The first kappa shape index (κ1) is 18.4. The van der Waals surface area contributed by atoms with Crippen LogP contribution in [0.2, 0.25) is 0 Å². The van der Waals surface area contributed by atoms with Crippen molar-refractivity contribution in [2.45, 2.75) is 63.3 Å². The Morgan fingerprint density at radius 3 is 2.32 bits per heavy atom. The number of piperidine rings is 1. The molecule has 4 N–H and O–H groups in total. The second kappa shape index (κ2) is 8.81. The highest BCUT2D eigenvalue weighted by atomic mass is 16.4. The molecule has 4 nitrogen and oxygen atoms in total. The van der Waals surface area contributed by atoms with Gasteiger partial charge in [0.05, 0.1) is 0 Å². The number of hydrogen-bond donors (Lipinski definition) is 3.